The molecule has 2 rings (SSSR count). The molecule has 1 saturated carbocycles. The molecule has 68 valence electrons. The van der Waals surface area contributed by atoms with Gasteiger partial charge in [0.1, 0.15) is 0 Å². The highest BCUT2D eigenvalue weighted by molar-refractivity contribution is 8.06. The Balaban J connectivity index is 2.36. The van der Waals surface area contributed by atoms with Gasteiger partial charge in [0.05, 0.1) is 11.2 Å². The van der Waals surface area contributed by atoms with Crippen LogP contribution in [0.5, 0.6) is 0 Å². The quantitative estimate of drug-likeness (QED) is 0.548. The van der Waals surface area contributed by atoms with Gasteiger partial charge in [-0.25, -0.2) is 8.42 Å². The molecule has 0 amide bonds. The monoisotopic (exact) mass is 189 g/mol. The molecule has 0 aromatic rings. The van der Waals surface area contributed by atoms with Crippen LogP contribution in [-0.4, -0.2) is 32.4 Å². The Morgan fingerprint density at radius 3 is 2.58 bits per heavy atom. The third-order valence-electron chi connectivity index (χ3n) is 2.58. The van der Waals surface area contributed by atoms with Crippen molar-refractivity contribution in [2.75, 3.05) is 18.8 Å². The molecule has 0 unspecified atom stereocenters. The highest BCUT2D eigenvalue weighted by Crippen LogP contribution is 2.47. The Kier molecular flexibility index (Phi) is 1.56. The summed E-state index contributed by atoms with van der Waals surface area (Å²) in [5, 5.41) is 2.46. The lowest BCUT2D eigenvalue weighted by Crippen LogP contribution is -2.28. The number of carbonyl (C=O) groups is 1. The molecular formula is C7H11NO3S. The van der Waals surface area contributed by atoms with Crippen LogP contribution in [0, 0.1) is 5.41 Å². The van der Waals surface area contributed by atoms with Gasteiger partial charge in [-0.2, -0.15) is 0 Å². The zero-order valence-electron chi connectivity index (χ0n) is 6.67. The summed E-state index contributed by atoms with van der Waals surface area (Å²) in [6.07, 6.45) is 1.47. The van der Waals surface area contributed by atoms with Crippen molar-refractivity contribution in [2.45, 2.75) is 12.8 Å². The first-order valence-electron chi connectivity index (χ1n) is 4.05. The fraction of sp³-hybridized carbons (Fsp3) is 0.857. The first-order valence-corrected chi connectivity index (χ1v) is 5.70. The molecule has 1 aliphatic carbocycles. The van der Waals surface area contributed by atoms with E-state index in [0.29, 0.717) is 13.1 Å². The number of hydrogen-bond acceptors (Lipinski definition) is 4. The van der Waals surface area contributed by atoms with Gasteiger partial charge in [-0.3, -0.25) is 4.79 Å². The molecule has 12 heavy (non-hydrogen) atoms. The summed E-state index contributed by atoms with van der Waals surface area (Å²) in [5.41, 5.74) is -0.532. The van der Waals surface area contributed by atoms with Gasteiger partial charge in [-0.05, 0) is 12.8 Å². The lowest BCUT2D eigenvalue weighted by atomic mass is 10.1. The number of sulfone groups is 1. The molecule has 1 spiro atoms. The molecule has 0 aromatic carbocycles. The van der Waals surface area contributed by atoms with E-state index in [0.717, 1.165) is 12.8 Å². The SMILES string of the molecule is O=C1C2(CC2)CNCCS1(=O)=O. The summed E-state index contributed by atoms with van der Waals surface area (Å²) < 4.78 is 22.5. The minimum atomic E-state index is -3.44. The van der Waals surface area contributed by atoms with Gasteiger partial charge in [0.15, 0.2) is 0 Å². The molecule has 4 nitrogen and oxygen atoms in total. The molecule has 1 heterocycles. The predicted molar refractivity (Wildman–Crippen MR) is 43.3 cm³/mol. The minimum Gasteiger partial charge on any atom is -0.315 e. The topological polar surface area (TPSA) is 63.2 Å². The summed E-state index contributed by atoms with van der Waals surface area (Å²) in [7, 11) is -3.44. The minimum absolute atomic E-state index is 0.0341. The third-order valence-corrected chi connectivity index (χ3v) is 4.32. The first kappa shape index (κ1) is 8.19. The van der Waals surface area contributed by atoms with Gasteiger partial charge in [0.25, 0.3) is 5.12 Å². The van der Waals surface area contributed by atoms with Crippen LogP contribution in [0.1, 0.15) is 12.8 Å². The molecule has 1 N–H and O–H groups in total. The van der Waals surface area contributed by atoms with Gasteiger partial charge in [0, 0.05) is 13.1 Å². The third kappa shape index (κ3) is 1.08. The van der Waals surface area contributed by atoms with Crippen LogP contribution >= 0.6 is 0 Å². The Hall–Kier alpha value is -0.420. The van der Waals surface area contributed by atoms with E-state index in [4.69, 9.17) is 0 Å². The zero-order valence-corrected chi connectivity index (χ0v) is 7.49. The standard InChI is InChI=1S/C7H11NO3S/c9-6-7(1-2-7)5-8-3-4-12(6,10)11/h8H,1-5H2. The van der Waals surface area contributed by atoms with Gasteiger partial charge in [-0.15, -0.1) is 0 Å². The van der Waals surface area contributed by atoms with E-state index < -0.39 is 20.4 Å². The van der Waals surface area contributed by atoms with Crippen molar-refractivity contribution in [1.82, 2.24) is 5.32 Å². The van der Waals surface area contributed by atoms with E-state index in [9.17, 15) is 13.2 Å². The number of hydrogen-bond donors (Lipinski definition) is 1. The van der Waals surface area contributed by atoms with Crippen LogP contribution in [0.25, 0.3) is 0 Å². The average molecular weight is 189 g/mol. The Morgan fingerprint density at radius 2 is 2.00 bits per heavy atom. The maximum absolute atomic E-state index is 11.4. The molecule has 5 heteroatoms. The summed E-state index contributed by atoms with van der Waals surface area (Å²) in [6, 6.07) is 0. The molecule has 1 saturated heterocycles. The maximum Gasteiger partial charge on any atom is 0.253 e. The van der Waals surface area contributed by atoms with E-state index in [2.05, 4.69) is 5.32 Å². The Morgan fingerprint density at radius 1 is 1.33 bits per heavy atom. The van der Waals surface area contributed by atoms with E-state index in [1.807, 2.05) is 0 Å². The lowest BCUT2D eigenvalue weighted by Gasteiger charge is -2.07. The largest absolute Gasteiger partial charge is 0.315 e. The predicted octanol–water partition coefficient (Wildman–Crippen LogP) is -0.689. The second kappa shape index (κ2) is 2.29. The van der Waals surface area contributed by atoms with Gasteiger partial charge < -0.3 is 5.32 Å². The molecule has 0 radical (unpaired) electrons. The number of carbonyl (C=O) groups excluding carboxylic acids is 1. The van der Waals surface area contributed by atoms with Crippen LogP contribution < -0.4 is 5.32 Å². The highest BCUT2D eigenvalue weighted by Gasteiger charge is 2.54. The van der Waals surface area contributed by atoms with Crippen LogP contribution in [0.15, 0.2) is 0 Å². The van der Waals surface area contributed by atoms with Crippen molar-refractivity contribution < 1.29 is 13.2 Å². The number of nitrogens with one attached hydrogen (secondary N) is 1. The molecule has 0 bridgehead atoms. The molecule has 2 fully saturated rings. The number of rotatable bonds is 0. The summed E-state index contributed by atoms with van der Waals surface area (Å²) in [6.45, 7) is 0.959. The van der Waals surface area contributed by atoms with Gasteiger partial charge in [-0.1, -0.05) is 0 Å². The van der Waals surface area contributed by atoms with Crippen molar-refractivity contribution in [3.8, 4) is 0 Å². The van der Waals surface area contributed by atoms with Crippen molar-refractivity contribution >= 4 is 15.0 Å². The highest BCUT2D eigenvalue weighted by atomic mass is 32.2. The second-order valence-corrected chi connectivity index (χ2v) is 5.57. The van der Waals surface area contributed by atoms with Gasteiger partial charge in [0.2, 0.25) is 9.84 Å². The first-order chi connectivity index (χ1) is 5.57. The molecule has 0 atom stereocenters. The van der Waals surface area contributed by atoms with E-state index in [-0.39, 0.29) is 5.75 Å². The van der Waals surface area contributed by atoms with Crippen molar-refractivity contribution in [1.29, 1.82) is 0 Å². The van der Waals surface area contributed by atoms with Crippen molar-refractivity contribution in [3.05, 3.63) is 0 Å². The summed E-state index contributed by atoms with van der Waals surface area (Å²) >= 11 is 0. The molecule has 1 aliphatic heterocycles. The Labute approximate surface area is 71.3 Å². The van der Waals surface area contributed by atoms with Crippen molar-refractivity contribution in [3.63, 3.8) is 0 Å². The second-order valence-electron chi connectivity index (χ2n) is 3.56. The summed E-state index contributed by atoms with van der Waals surface area (Å²) in [4.78, 5) is 11.4. The maximum atomic E-state index is 11.4. The molecular weight excluding hydrogens is 178 g/mol. The van der Waals surface area contributed by atoms with Crippen LogP contribution in [-0.2, 0) is 14.6 Å². The lowest BCUT2D eigenvalue weighted by molar-refractivity contribution is -0.116. The summed E-state index contributed by atoms with van der Waals surface area (Å²) in [5.74, 6) is -0.0341. The van der Waals surface area contributed by atoms with E-state index >= 15 is 0 Å². The van der Waals surface area contributed by atoms with Crippen LogP contribution in [0.3, 0.4) is 0 Å². The van der Waals surface area contributed by atoms with Crippen LogP contribution in [0.4, 0.5) is 0 Å². The smallest absolute Gasteiger partial charge is 0.253 e. The average Bonchev–Trinajstić information content (AvgIpc) is 2.77. The van der Waals surface area contributed by atoms with Gasteiger partial charge >= 0.3 is 0 Å². The van der Waals surface area contributed by atoms with Crippen molar-refractivity contribution in [2.24, 2.45) is 5.41 Å². The Bertz CT molecular complexity index is 316. The fourth-order valence-electron chi connectivity index (χ4n) is 1.56. The molecule has 0 aromatic heterocycles. The molecule has 2 aliphatic rings. The van der Waals surface area contributed by atoms with Crippen LogP contribution in [0.2, 0.25) is 0 Å². The van der Waals surface area contributed by atoms with E-state index in [1.165, 1.54) is 0 Å². The zero-order chi connectivity index (χ0) is 8.82. The fourth-order valence-corrected chi connectivity index (χ4v) is 3.10. The van der Waals surface area contributed by atoms with E-state index in [1.54, 1.807) is 0 Å². The normalized spacial score (nSPS) is 31.5.